The number of benzene rings is 1. The summed E-state index contributed by atoms with van der Waals surface area (Å²) in [5, 5.41) is 9.94. The molecular formula is C16H15ClFNO2. The minimum atomic E-state index is -1.24. The fraction of sp³-hybridized carbons (Fsp3) is 0.312. The lowest BCUT2D eigenvalue weighted by molar-refractivity contribution is -0.187. The molecule has 0 N–H and O–H groups in total. The van der Waals surface area contributed by atoms with Crippen molar-refractivity contribution in [3.8, 4) is 6.07 Å². The Hall–Kier alpha value is -1.67. The second-order valence-electron chi connectivity index (χ2n) is 4.69. The van der Waals surface area contributed by atoms with E-state index in [-0.39, 0.29) is 0 Å². The fourth-order valence-corrected chi connectivity index (χ4v) is 2.44. The predicted octanol–water partition coefficient (Wildman–Crippen LogP) is 4.11. The Labute approximate surface area is 128 Å². The van der Waals surface area contributed by atoms with Gasteiger partial charge in [0, 0.05) is 12.1 Å². The van der Waals surface area contributed by atoms with Crippen molar-refractivity contribution in [1.29, 1.82) is 5.26 Å². The molecule has 0 radical (unpaired) electrons. The van der Waals surface area contributed by atoms with E-state index in [9.17, 15) is 9.65 Å². The summed E-state index contributed by atoms with van der Waals surface area (Å²) in [6.07, 6.45) is 3.87. The molecule has 0 spiro atoms. The van der Waals surface area contributed by atoms with E-state index in [4.69, 9.17) is 21.1 Å². The predicted molar refractivity (Wildman–Crippen MR) is 78.1 cm³/mol. The zero-order valence-corrected chi connectivity index (χ0v) is 12.5. The van der Waals surface area contributed by atoms with Gasteiger partial charge in [0.15, 0.2) is 6.29 Å². The molecule has 0 aromatic heterocycles. The Balaban J connectivity index is 2.54. The Morgan fingerprint density at radius 2 is 2.05 bits per heavy atom. The minimum Gasteiger partial charge on any atom is -0.356 e. The van der Waals surface area contributed by atoms with Crippen molar-refractivity contribution < 1.29 is 13.9 Å². The summed E-state index contributed by atoms with van der Waals surface area (Å²) in [4.78, 5) is 0. The van der Waals surface area contributed by atoms with Gasteiger partial charge in [0.05, 0.1) is 6.07 Å². The Kier molecular flexibility index (Phi) is 4.79. The summed E-state index contributed by atoms with van der Waals surface area (Å²) < 4.78 is 25.1. The number of methoxy groups -OCH3 is 1. The van der Waals surface area contributed by atoms with Crippen LogP contribution >= 0.6 is 11.6 Å². The van der Waals surface area contributed by atoms with Gasteiger partial charge in [0.2, 0.25) is 0 Å². The van der Waals surface area contributed by atoms with Crippen LogP contribution < -0.4 is 0 Å². The molecule has 1 aliphatic rings. The summed E-state index contributed by atoms with van der Waals surface area (Å²) in [6.45, 7) is 1.69. The average molecular weight is 308 g/mol. The van der Waals surface area contributed by atoms with Crippen molar-refractivity contribution in [1.82, 2.24) is 0 Å². The molecule has 0 bridgehead atoms. The molecule has 1 aromatic carbocycles. The lowest BCUT2D eigenvalue weighted by Crippen LogP contribution is -2.40. The number of ether oxygens (including phenoxy) is 2. The number of rotatable bonds is 4. The molecule has 0 saturated carbocycles. The summed E-state index contributed by atoms with van der Waals surface area (Å²) in [6, 6.07) is 8.78. The van der Waals surface area contributed by atoms with Gasteiger partial charge >= 0.3 is 0 Å². The van der Waals surface area contributed by atoms with Crippen LogP contribution in [0.25, 0.3) is 0 Å². The summed E-state index contributed by atoms with van der Waals surface area (Å²) in [5.74, 6) is -1.63. The first kappa shape index (κ1) is 15.7. The third-order valence-electron chi connectivity index (χ3n) is 3.42. The maximum atomic E-state index is 14.1. The quantitative estimate of drug-likeness (QED) is 0.786. The highest BCUT2D eigenvalue weighted by Crippen LogP contribution is 2.43. The molecular weight excluding hydrogens is 293 g/mol. The van der Waals surface area contributed by atoms with Crippen LogP contribution in [0.4, 0.5) is 4.39 Å². The van der Waals surface area contributed by atoms with Gasteiger partial charge in [-0.15, -0.1) is 0 Å². The molecule has 0 aliphatic heterocycles. The third kappa shape index (κ3) is 3.01. The van der Waals surface area contributed by atoms with Crippen LogP contribution in [-0.4, -0.2) is 13.4 Å². The van der Waals surface area contributed by atoms with Crippen LogP contribution in [0, 0.1) is 17.2 Å². The maximum Gasteiger partial charge on any atom is 0.156 e. The first-order valence-electron chi connectivity index (χ1n) is 6.44. The molecule has 2 rings (SSSR count). The van der Waals surface area contributed by atoms with Gasteiger partial charge in [0.25, 0.3) is 0 Å². The van der Waals surface area contributed by atoms with E-state index < -0.39 is 23.6 Å². The van der Waals surface area contributed by atoms with Crippen molar-refractivity contribution in [2.75, 3.05) is 7.11 Å². The Morgan fingerprint density at radius 3 is 2.62 bits per heavy atom. The van der Waals surface area contributed by atoms with Crippen LogP contribution in [0.5, 0.6) is 0 Å². The van der Waals surface area contributed by atoms with Crippen LogP contribution in [0.2, 0.25) is 5.02 Å². The Bertz CT molecular complexity index is 606. The third-order valence-corrected chi connectivity index (χ3v) is 3.67. The van der Waals surface area contributed by atoms with E-state index in [1.54, 1.807) is 43.3 Å². The Morgan fingerprint density at radius 1 is 1.38 bits per heavy atom. The molecule has 110 valence electrons. The van der Waals surface area contributed by atoms with Gasteiger partial charge in [-0.05, 0) is 36.8 Å². The summed E-state index contributed by atoms with van der Waals surface area (Å²) in [5.41, 5.74) is -0.602. The van der Waals surface area contributed by atoms with E-state index >= 15 is 0 Å². The van der Waals surface area contributed by atoms with Gasteiger partial charge < -0.3 is 9.47 Å². The second-order valence-corrected chi connectivity index (χ2v) is 5.13. The smallest absolute Gasteiger partial charge is 0.156 e. The molecule has 0 saturated heterocycles. The molecule has 3 nitrogen and oxygen atoms in total. The SMILES string of the molecule is COC(C)OC1(c2ccc(Cl)cc2)C=CC=C(F)C1C#N. The summed E-state index contributed by atoms with van der Waals surface area (Å²) in [7, 11) is 1.49. The first-order valence-corrected chi connectivity index (χ1v) is 6.82. The lowest BCUT2D eigenvalue weighted by atomic mass is 9.78. The minimum absolute atomic E-state index is 0.543. The van der Waals surface area contributed by atoms with Gasteiger partial charge in [-0.3, -0.25) is 0 Å². The highest BCUT2D eigenvalue weighted by Gasteiger charge is 2.45. The number of allylic oxidation sites excluding steroid dienone is 2. The van der Waals surface area contributed by atoms with Crippen molar-refractivity contribution in [3.63, 3.8) is 0 Å². The van der Waals surface area contributed by atoms with Gasteiger partial charge in [-0.25, -0.2) is 4.39 Å². The van der Waals surface area contributed by atoms with E-state index in [0.717, 1.165) is 0 Å². The highest BCUT2D eigenvalue weighted by atomic mass is 35.5. The molecule has 5 heteroatoms. The maximum absolute atomic E-state index is 14.1. The van der Waals surface area contributed by atoms with Crippen molar-refractivity contribution in [3.05, 3.63) is 58.9 Å². The second kappa shape index (κ2) is 6.40. The van der Waals surface area contributed by atoms with Crippen molar-refractivity contribution in [2.24, 2.45) is 5.92 Å². The van der Waals surface area contributed by atoms with Gasteiger partial charge in [-0.2, -0.15) is 5.26 Å². The first-order chi connectivity index (χ1) is 10.0. The largest absolute Gasteiger partial charge is 0.356 e. The lowest BCUT2D eigenvalue weighted by Gasteiger charge is -2.38. The van der Waals surface area contributed by atoms with Gasteiger partial charge in [0.1, 0.15) is 17.3 Å². The van der Waals surface area contributed by atoms with E-state index in [1.807, 2.05) is 6.07 Å². The highest BCUT2D eigenvalue weighted by molar-refractivity contribution is 6.30. The molecule has 3 unspecified atom stereocenters. The zero-order chi connectivity index (χ0) is 15.5. The molecule has 3 atom stereocenters. The molecule has 1 aliphatic carbocycles. The monoisotopic (exact) mass is 307 g/mol. The van der Waals surface area contributed by atoms with Gasteiger partial charge in [-0.1, -0.05) is 29.8 Å². The number of halogens is 2. The molecule has 0 amide bonds. The number of hydrogen-bond donors (Lipinski definition) is 0. The normalized spacial score (nSPS) is 26.0. The fourth-order valence-electron chi connectivity index (χ4n) is 2.31. The standard InChI is InChI=1S/C16H15ClFNO2/c1-11(20-2)21-16(12-5-7-13(17)8-6-12)9-3-4-15(18)14(16)10-19/h3-9,11,14H,1-2H3. The van der Waals surface area contributed by atoms with Crippen LogP contribution in [0.3, 0.4) is 0 Å². The van der Waals surface area contributed by atoms with Crippen molar-refractivity contribution >= 4 is 11.6 Å². The zero-order valence-electron chi connectivity index (χ0n) is 11.7. The van der Waals surface area contributed by atoms with Crippen LogP contribution in [-0.2, 0) is 15.1 Å². The molecule has 0 fully saturated rings. The van der Waals surface area contributed by atoms with E-state index in [0.29, 0.717) is 10.6 Å². The van der Waals surface area contributed by atoms with Crippen LogP contribution in [0.1, 0.15) is 12.5 Å². The van der Waals surface area contributed by atoms with Crippen LogP contribution in [0.15, 0.2) is 48.3 Å². The average Bonchev–Trinajstić information content (AvgIpc) is 2.48. The number of nitrogens with zero attached hydrogens (tertiary/aromatic N) is 1. The molecule has 1 aromatic rings. The summed E-state index contributed by atoms with van der Waals surface area (Å²) >= 11 is 5.89. The molecule has 0 heterocycles. The van der Waals surface area contributed by atoms with E-state index in [1.165, 1.54) is 13.2 Å². The topological polar surface area (TPSA) is 42.2 Å². The van der Waals surface area contributed by atoms with E-state index in [2.05, 4.69) is 0 Å². The number of hydrogen-bond acceptors (Lipinski definition) is 3. The van der Waals surface area contributed by atoms with Crippen molar-refractivity contribution in [2.45, 2.75) is 18.8 Å². The number of nitriles is 1. The molecule has 21 heavy (non-hydrogen) atoms.